The lowest BCUT2D eigenvalue weighted by Gasteiger charge is -2.25. The van der Waals surface area contributed by atoms with Crippen LogP contribution in [-0.4, -0.2) is 74.8 Å². The molecule has 3 aromatic carbocycles. The van der Waals surface area contributed by atoms with E-state index < -0.39 is 54.5 Å². The van der Waals surface area contributed by atoms with Crippen LogP contribution in [0.15, 0.2) is 85.1 Å². The second-order valence-corrected chi connectivity index (χ2v) is 10.4. The topological polar surface area (TPSA) is 207 Å². The van der Waals surface area contributed by atoms with Gasteiger partial charge in [0, 0.05) is 29.9 Å². The molecule has 0 aliphatic carbocycles. The minimum Gasteiger partial charge on any atom is -0.508 e. The van der Waals surface area contributed by atoms with Crippen LogP contribution in [0, 0.1) is 0 Å². The van der Waals surface area contributed by atoms with Gasteiger partial charge in [0.15, 0.2) is 0 Å². The summed E-state index contributed by atoms with van der Waals surface area (Å²) >= 11 is 0. The zero-order valence-corrected chi connectivity index (χ0v) is 23.8. The van der Waals surface area contributed by atoms with Crippen LogP contribution in [0.3, 0.4) is 0 Å². The average Bonchev–Trinajstić information content (AvgIpc) is 3.43. The number of carbonyl (C=O) groups excluding carboxylic acids is 3. The maximum absolute atomic E-state index is 13.7. The number of phenolic OH excluding ortho intramolecular Hbond substituents is 1. The molecule has 0 saturated carbocycles. The van der Waals surface area contributed by atoms with Gasteiger partial charge < -0.3 is 42.0 Å². The second kappa shape index (κ2) is 14.8. The summed E-state index contributed by atoms with van der Waals surface area (Å²) in [4.78, 5) is 54.8. The Kier molecular flexibility index (Phi) is 10.7. The predicted molar refractivity (Wildman–Crippen MR) is 162 cm³/mol. The van der Waals surface area contributed by atoms with Crippen molar-refractivity contribution in [3.8, 4) is 5.75 Å². The first-order chi connectivity index (χ1) is 21.1. The number of phenols is 1. The lowest BCUT2D eigenvalue weighted by atomic mass is 10.0. The van der Waals surface area contributed by atoms with Gasteiger partial charge in [-0.2, -0.15) is 0 Å². The summed E-state index contributed by atoms with van der Waals surface area (Å²) in [6, 6.07) is 17.6. The van der Waals surface area contributed by atoms with E-state index in [1.54, 1.807) is 42.6 Å². The first-order valence-electron chi connectivity index (χ1n) is 14.0. The van der Waals surface area contributed by atoms with Gasteiger partial charge in [-0.25, -0.2) is 4.79 Å². The van der Waals surface area contributed by atoms with Crippen molar-refractivity contribution in [1.82, 2.24) is 20.9 Å². The fourth-order valence-electron chi connectivity index (χ4n) is 4.78. The number of aliphatic hydroxyl groups is 1. The zero-order valence-electron chi connectivity index (χ0n) is 23.8. The van der Waals surface area contributed by atoms with Crippen molar-refractivity contribution in [3.05, 3.63) is 102 Å². The molecule has 1 heterocycles. The van der Waals surface area contributed by atoms with Crippen LogP contribution in [0.5, 0.6) is 5.75 Å². The largest absolute Gasteiger partial charge is 0.508 e. The quantitative estimate of drug-likeness (QED) is 0.103. The molecule has 12 nitrogen and oxygen atoms in total. The Morgan fingerprint density at radius 1 is 0.705 bits per heavy atom. The molecule has 9 N–H and O–H groups in total. The highest BCUT2D eigenvalue weighted by molar-refractivity contribution is 5.95. The lowest BCUT2D eigenvalue weighted by molar-refractivity contribution is -0.143. The molecule has 0 bridgehead atoms. The van der Waals surface area contributed by atoms with Crippen LogP contribution >= 0.6 is 0 Å². The number of benzene rings is 3. The molecule has 4 aromatic rings. The van der Waals surface area contributed by atoms with Gasteiger partial charge in [0.05, 0.1) is 12.6 Å². The van der Waals surface area contributed by atoms with E-state index in [0.717, 1.165) is 16.5 Å². The van der Waals surface area contributed by atoms with E-state index in [9.17, 15) is 34.5 Å². The summed E-state index contributed by atoms with van der Waals surface area (Å²) in [6.45, 7) is -0.847. The lowest BCUT2D eigenvalue weighted by Crippen LogP contribution is -2.58. The fraction of sp³-hybridized carbons (Fsp3) is 0.250. The number of aliphatic hydroxyl groups excluding tert-OH is 1. The number of nitrogens with one attached hydrogen (secondary N) is 4. The normalized spacial score (nSPS) is 13.8. The summed E-state index contributed by atoms with van der Waals surface area (Å²) < 4.78 is 0. The smallest absolute Gasteiger partial charge is 0.328 e. The van der Waals surface area contributed by atoms with Crippen LogP contribution in [-0.2, 0) is 38.4 Å². The van der Waals surface area contributed by atoms with E-state index in [1.165, 1.54) is 12.1 Å². The number of para-hydroxylation sites is 1. The molecule has 3 amide bonds. The maximum atomic E-state index is 13.7. The monoisotopic (exact) mass is 601 g/mol. The standard InChI is InChI=1S/C32H35N5O7/c33-24(14-20-10-12-22(39)13-11-20)29(40)35-26(15-19-6-2-1-3-7-19)30(41)36-27(31(42)37-28(18-38)32(43)44)16-21-17-34-25-9-5-4-8-23(21)25/h1-13,17,24,26-28,34,38-39H,14-16,18,33H2,(H,35,40)(H,36,41)(H,37,42)(H,43,44). The Labute approximate surface area is 253 Å². The number of aromatic nitrogens is 1. The van der Waals surface area contributed by atoms with Gasteiger partial charge in [0.1, 0.15) is 23.9 Å². The SMILES string of the molecule is NC(Cc1ccc(O)cc1)C(=O)NC(Cc1ccccc1)C(=O)NC(Cc1c[nH]c2ccccc12)C(=O)NC(CO)C(=O)O. The maximum Gasteiger partial charge on any atom is 0.328 e. The number of carboxylic acid groups (broad SMARTS) is 1. The van der Waals surface area contributed by atoms with Gasteiger partial charge in [-0.3, -0.25) is 14.4 Å². The van der Waals surface area contributed by atoms with Gasteiger partial charge >= 0.3 is 5.97 Å². The van der Waals surface area contributed by atoms with Gasteiger partial charge in [-0.1, -0.05) is 60.7 Å². The molecular weight excluding hydrogens is 566 g/mol. The summed E-state index contributed by atoms with van der Waals surface area (Å²) in [5.74, 6) is -3.46. The summed E-state index contributed by atoms with van der Waals surface area (Å²) in [5.41, 5.74) is 9.12. The Balaban J connectivity index is 1.57. The second-order valence-electron chi connectivity index (χ2n) is 10.4. The molecule has 0 spiro atoms. The number of fused-ring (bicyclic) bond motifs is 1. The summed E-state index contributed by atoms with van der Waals surface area (Å²) in [5, 5.41) is 36.8. The van der Waals surface area contributed by atoms with Crippen molar-refractivity contribution in [3.63, 3.8) is 0 Å². The van der Waals surface area contributed by atoms with Gasteiger partial charge in [0.2, 0.25) is 17.7 Å². The highest BCUT2D eigenvalue weighted by Crippen LogP contribution is 2.19. The summed E-state index contributed by atoms with van der Waals surface area (Å²) in [6.07, 6.45) is 1.92. The molecule has 0 fully saturated rings. The van der Waals surface area contributed by atoms with Gasteiger partial charge in [0.25, 0.3) is 0 Å². The van der Waals surface area contributed by atoms with Crippen LogP contribution in [0.25, 0.3) is 10.9 Å². The van der Waals surface area contributed by atoms with Gasteiger partial charge in [-0.05, 0) is 41.3 Å². The number of carboxylic acids is 1. The highest BCUT2D eigenvalue weighted by Gasteiger charge is 2.31. The first-order valence-corrected chi connectivity index (χ1v) is 14.0. The van der Waals surface area contributed by atoms with Crippen LogP contribution in [0.2, 0.25) is 0 Å². The minimum atomic E-state index is -1.58. The Bertz CT molecular complexity index is 1590. The molecule has 0 saturated heterocycles. The summed E-state index contributed by atoms with van der Waals surface area (Å²) in [7, 11) is 0. The number of aliphatic carboxylic acids is 1. The number of H-pyrrole nitrogens is 1. The average molecular weight is 602 g/mol. The highest BCUT2D eigenvalue weighted by atomic mass is 16.4. The number of nitrogens with two attached hydrogens (primary N) is 1. The number of aromatic amines is 1. The molecular formula is C32H35N5O7. The van der Waals surface area contributed by atoms with Crippen LogP contribution < -0.4 is 21.7 Å². The third kappa shape index (κ3) is 8.43. The molecule has 4 rings (SSSR count). The van der Waals surface area contributed by atoms with E-state index in [1.807, 2.05) is 30.3 Å². The Morgan fingerprint density at radius 2 is 1.27 bits per heavy atom. The molecule has 230 valence electrons. The van der Waals surface area contributed by atoms with E-state index in [0.29, 0.717) is 11.1 Å². The molecule has 44 heavy (non-hydrogen) atoms. The van der Waals surface area contributed by atoms with Crippen molar-refractivity contribution >= 4 is 34.6 Å². The molecule has 0 aliphatic heterocycles. The zero-order chi connectivity index (χ0) is 31.6. The van der Waals surface area contributed by atoms with Crippen molar-refractivity contribution in [2.24, 2.45) is 5.73 Å². The number of amides is 3. The minimum absolute atomic E-state index is 0.00821. The molecule has 4 atom stereocenters. The van der Waals surface area contributed by atoms with Crippen molar-refractivity contribution in [2.45, 2.75) is 43.4 Å². The predicted octanol–water partition coefficient (Wildman–Crippen LogP) is 0.760. The number of hydrogen-bond donors (Lipinski definition) is 8. The van der Waals surface area contributed by atoms with Gasteiger partial charge in [-0.15, -0.1) is 0 Å². The van der Waals surface area contributed by atoms with E-state index in [4.69, 9.17) is 5.73 Å². The Hall–Kier alpha value is -5.20. The van der Waals surface area contributed by atoms with Crippen molar-refractivity contribution < 1.29 is 34.5 Å². The van der Waals surface area contributed by atoms with Crippen molar-refractivity contribution in [1.29, 1.82) is 0 Å². The molecule has 0 radical (unpaired) electrons. The number of hydrogen-bond acceptors (Lipinski definition) is 7. The molecule has 0 aliphatic rings. The van der Waals surface area contributed by atoms with E-state index >= 15 is 0 Å². The molecule has 4 unspecified atom stereocenters. The molecule has 12 heteroatoms. The number of carbonyl (C=O) groups is 4. The number of aromatic hydroxyl groups is 1. The Morgan fingerprint density at radius 3 is 1.93 bits per heavy atom. The van der Waals surface area contributed by atoms with Crippen molar-refractivity contribution in [2.75, 3.05) is 6.61 Å². The third-order valence-electron chi connectivity index (χ3n) is 7.17. The number of rotatable bonds is 14. The van der Waals surface area contributed by atoms with Crippen LogP contribution in [0.4, 0.5) is 0 Å². The van der Waals surface area contributed by atoms with E-state index in [2.05, 4.69) is 20.9 Å². The van der Waals surface area contributed by atoms with Crippen LogP contribution in [0.1, 0.15) is 16.7 Å². The third-order valence-corrected chi connectivity index (χ3v) is 7.17. The molecule has 1 aromatic heterocycles. The van der Waals surface area contributed by atoms with E-state index in [-0.39, 0.29) is 25.0 Å². The fourth-order valence-corrected chi connectivity index (χ4v) is 4.78. The first kappa shape index (κ1) is 31.7.